The molecule has 12 aromatic carbocycles. The minimum absolute atomic E-state index is 0.825. The highest BCUT2D eigenvalue weighted by Gasteiger charge is 2.21. The average Bonchev–Trinajstić information content (AvgIpc) is 4.14. The summed E-state index contributed by atoms with van der Waals surface area (Å²) >= 11 is 0. The monoisotopic (exact) mass is 971 g/mol. The molecule has 0 atom stereocenters. The standard InChI is InChI=1S/C72H49N3O/c1-4-16-50(17-5-1)52-30-38-61(39-31-52)73(67-28-14-22-54-20-10-12-26-65(54)67)63-42-34-56(35-43-63)69-46-58-48-72-59(47-70(58)75(69)60-24-8-3-9-25-60)49-71(76-72)57-36-44-64(45-37-57)74(68-29-15-23-55-21-11-13-27-66(55)68)62-40-32-53(33-41-62)51-18-6-2-7-19-51/h1-49H. The van der Waals surface area contributed by atoms with E-state index in [2.05, 4.69) is 312 Å². The summed E-state index contributed by atoms with van der Waals surface area (Å²) in [4.78, 5) is 4.73. The van der Waals surface area contributed by atoms with Crippen molar-refractivity contribution in [2.75, 3.05) is 9.80 Å². The van der Waals surface area contributed by atoms with Gasteiger partial charge in [-0.25, -0.2) is 0 Å². The van der Waals surface area contributed by atoms with Gasteiger partial charge >= 0.3 is 0 Å². The van der Waals surface area contributed by atoms with Gasteiger partial charge in [-0.2, -0.15) is 0 Å². The maximum absolute atomic E-state index is 6.77. The van der Waals surface area contributed by atoms with E-state index in [9.17, 15) is 0 Å². The molecule has 4 heteroatoms. The molecule has 0 unspecified atom stereocenters. The van der Waals surface area contributed by atoms with E-state index in [0.717, 1.165) is 84.3 Å². The van der Waals surface area contributed by atoms with Gasteiger partial charge in [-0.3, -0.25) is 0 Å². The lowest BCUT2D eigenvalue weighted by atomic mass is 10.0. The van der Waals surface area contributed by atoms with E-state index in [4.69, 9.17) is 4.42 Å². The number of fused-ring (bicyclic) bond motifs is 4. The minimum atomic E-state index is 0.825. The van der Waals surface area contributed by atoms with Crippen molar-refractivity contribution < 1.29 is 4.42 Å². The molecule has 2 heterocycles. The number of hydrogen-bond acceptors (Lipinski definition) is 3. The minimum Gasteiger partial charge on any atom is -0.456 e. The molecular weight excluding hydrogens is 923 g/mol. The Bertz CT molecular complexity index is 4340. The Kier molecular flexibility index (Phi) is 11.2. The molecule has 2 aromatic heterocycles. The first-order valence-electron chi connectivity index (χ1n) is 25.9. The molecule has 0 aliphatic carbocycles. The SMILES string of the molecule is c1ccc(-c2ccc(N(c3ccc(-c4cc5cc6c(cc(-c7ccc(N(c8ccc(-c9ccccc9)cc8)c8cccc9ccccc89)cc7)n6-c6ccccc6)cc5o4)cc3)c3cccc4ccccc34)cc2)cc1. The van der Waals surface area contributed by atoms with Crippen LogP contribution >= 0.6 is 0 Å². The molecule has 358 valence electrons. The van der Waals surface area contributed by atoms with Crippen molar-refractivity contribution in [2.24, 2.45) is 0 Å². The van der Waals surface area contributed by atoms with E-state index in [1.165, 1.54) is 43.8 Å². The van der Waals surface area contributed by atoms with Gasteiger partial charge in [0.05, 0.1) is 22.6 Å². The zero-order valence-corrected chi connectivity index (χ0v) is 41.5. The number of rotatable bonds is 11. The van der Waals surface area contributed by atoms with E-state index in [1.807, 2.05) is 0 Å². The molecule has 14 aromatic rings. The maximum atomic E-state index is 6.77. The van der Waals surface area contributed by atoms with Crippen LogP contribution in [0.4, 0.5) is 34.1 Å². The smallest absolute Gasteiger partial charge is 0.135 e. The zero-order chi connectivity index (χ0) is 50.4. The molecule has 14 rings (SSSR count). The van der Waals surface area contributed by atoms with Gasteiger partial charge in [0.1, 0.15) is 11.3 Å². The highest BCUT2D eigenvalue weighted by Crippen LogP contribution is 2.44. The second kappa shape index (κ2) is 19.0. The summed E-state index contributed by atoms with van der Waals surface area (Å²) in [6.45, 7) is 0. The van der Waals surface area contributed by atoms with Gasteiger partial charge in [0.25, 0.3) is 0 Å². The number of anilines is 6. The third-order valence-corrected chi connectivity index (χ3v) is 14.8. The van der Waals surface area contributed by atoms with Crippen LogP contribution in [0.3, 0.4) is 0 Å². The second-order valence-corrected chi connectivity index (χ2v) is 19.3. The van der Waals surface area contributed by atoms with Crippen LogP contribution in [0.2, 0.25) is 0 Å². The highest BCUT2D eigenvalue weighted by molar-refractivity contribution is 6.02. The highest BCUT2D eigenvalue weighted by atomic mass is 16.3. The van der Waals surface area contributed by atoms with Crippen molar-refractivity contribution in [3.8, 4) is 50.5 Å². The normalized spacial score (nSPS) is 11.4. The van der Waals surface area contributed by atoms with Crippen molar-refractivity contribution in [2.45, 2.75) is 0 Å². The van der Waals surface area contributed by atoms with Crippen LogP contribution in [0, 0.1) is 0 Å². The van der Waals surface area contributed by atoms with E-state index in [1.54, 1.807) is 0 Å². The predicted octanol–water partition coefficient (Wildman–Crippen LogP) is 20.3. The van der Waals surface area contributed by atoms with Crippen LogP contribution in [0.1, 0.15) is 0 Å². The molecule has 0 aliphatic heterocycles. The van der Waals surface area contributed by atoms with E-state index in [0.29, 0.717) is 0 Å². The van der Waals surface area contributed by atoms with Crippen LogP contribution < -0.4 is 9.80 Å². The van der Waals surface area contributed by atoms with Gasteiger partial charge in [0.2, 0.25) is 0 Å². The summed E-state index contributed by atoms with van der Waals surface area (Å²) in [6, 6.07) is 107. The van der Waals surface area contributed by atoms with Crippen molar-refractivity contribution in [3.63, 3.8) is 0 Å². The molecule has 0 spiro atoms. The first-order valence-corrected chi connectivity index (χ1v) is 25.9. The predicted molar refractivity (Wildman–Crippen MR) is 319 cm³/mol. The molecule has 0 aliphatic rings. The molecule has 0 N–H and O–H groups in total. The molecule has 0 fully saturated rings. The summed E-state index contributed by atoms with van der Waals surface area (Å²) < 4.78 is 9.15. The van der Waals surface area contributed by atoms with Crippen molar-refractivity contribution in [1.82, 2.24) is 4.57 Å². The average molecular weight is 972 g/mol. The second-order valence-electron chi connectivity index (χ2n) is 19.3. The maximum Gasteiger partial charge on any atom is 0.135 e. The summed E-state index contributed by atoms with van der Waals surface area (Å²) in [6.07, 6.45) is 0. The number of aromatic nitrogens is 1. The molecule has 0 amide bonds. The van der Waals surface area contributed by atoms with Crippen LogP contribution in [0.5, 0.6) is 0 Å². The Morgan fingerprint density at radius 1 is 0.276 bits per heavy atom. The van der Waals surface area contributed by atoms with Crippen LogP contribution in [-0.2, 0) is 0 Å². The van der Waals surface area contributed by atoms with Gasteiger partial charge in [0.15, 0.2) is 0 Å². The lowest BCUT2D eigenvalue weighted by molar-refractivity contribution is 0.632. The molecule has 0 radical (unpaired) electrons. The Morgan fingerprint density at radius 3 is 1.18 bits per heavy atom. The first kappa shape index (κ1) is 44.5. The quantitative estimate of drug-likeness (QED) is 0.129. The largest absolute Gasteiger partial charge is 0.456 e. The molecular formula is C72H49N3O. The molecule has 76 heavy (non-hydrogen) atoms. The fourth-order valence-electron chi connectivity index (χ4n) is 11.0. The van der Waals surface area contributed by atoms with Gasteiger partial charge in [-0.05, 0) is 148 Å². The van der Waals surface area contributed by atoms with Crippen molar-refractivity contribution >= 4 is 77.5 Å². The lowest BCUT2D eigenvalue weighted by Crippen LogP contribution is -2.10. The lowest BCUT2D eigenvalue weighted by Gasteiger charge is -2.27. The Morgan fingerprint density at radius 2 is 0.684 bits per heavy atom. The van der Waals surface area contributed by atoms with E-state index >= 15 is 0 Å². The Labute approximate surface area is 441 Å². The fourth-order valence-corrected chi connectivity index (χ4v) is 11.0. The number of nitrogens with zero attached hydrogens (tertiary/aromatic N) is 3. The van der Waals surface area contributed by atoms with Crippen LogP contribution in [-0.4, -0.2) is 4.57 Å². The summed E-state index contributed by atoms with van der Waals surface area (Å²) in [5.41, 5.74) is 17.6. The summed E-state index contributed by atoms with van der Waals surface area (Å²) in [5, 5.41) is 6.93. The van der Waals surface area contributed by atoms with Gasteiger partial charge in [-0.15, -0.1) is 0 Å². The van der Waals surface area contributed by atoms with Crippen LogP contribution in [0.25, 0.3) is 93.9 Å². The molecule has 0 saturated heterocycles. The Balaban J connectivity index is 0.818. The van der Waals surface area contributed by atoms with Gasteiger partial charge in [0, 0.05) is 55.5 Å². The third kappa shape index (κ3) is 8.15. The van der Waals surface area contributed by atoms with E-state index in [-0.39, 0.29) is 0 Å². The first-order chi connectivity index (χ1) is 37.7. The van der Waals surface area contributed by atoms with E-state index < -0.39 is 0 Å². The van der Waals surface area contributed by atoms with Gasteiger partial charge in [-0.1, -0.05) is 188 Å². The fraction of sp³-hybridized carbons (Fsp3) is 0. The molecule has 0 bridgehead atoms. The van der Waals surface area contributed by atoms with Crippen LogP contribution in [0.15, 0.2) is 302 Å². The topological polar surface area (TPSA) is 24.6 Å². The number of para-hydroxylation sites is 1. The third-order valence-electron chi connectivity index (χ3n) is 14.8. The molecule has 0 saturated carbocycles. The van der Waals surface area contributed by atoms with Crippen molar-refractivity contribution in [3.05, 3.63) is 297 Å². The molecule has 4 nitrogen and oxygen atoms in total. The number of hydrogen-bond donors (Lipinski definition) is 0. The van der Waals surface area contributed by atoms with Gasteiger partial charge < -0.3 is 18.8 Å². The number of furan rings is 1. The number of benzene rings is 12. The zero-order valence-electron chi connectivity index (χ0n) is 41.5. The summed E-state index contributed by atoms with van der Waals surface area (Å²) in [7, 11) is 0. The Hall–Kier alpha value is -10.2. The summed E-state index contributed by atoms with van der Waals surface area (Å²) in [5.74, 6) is 0.825. The van der Waals surface area contributed by atoms with Crippen molar-refractivity contribution in [1.29, 1.82) is 0 Å².